The largest absolute Gasteiger partial charge is 0.339 e. The second-order valence-electron chi connectivity index (χ2n) is 5.72. The molecule has 0 N–H and O–H groups in total. The van der Waals surface area contributed by atoms with Gasteiger partial charge in [-0.3, -0.25) is 4.79 Å². The molecule has 1 aliphatic heterocycles. The van der Waals surface area contributed by atoms with Gasteiger partial charge in [-0.2, -0.15) is 4.31 Å². The minimum absolute atomic E-state index is 0.0810. The summed E-state index contributed by atoms with van der Waals surface area (Å²) < 4.78 is 24.4. The Morgan fingerprint density at radius 1 is 1.24 bits per heavy atom. The van der Waals surface area contributed by atoms with Crippen molar-refractivity contribution >= 4 is 15.9 Å². The van der Waals surface area contributed by atoms with Crippen molar-refractivity contribution in [3.05, 3.63) is 0 Å². The Morgan fingerprint density at radius 3 is 2.12 bits per heavy atom. The van der Waals surface area contributed by atoms with Gasteiger partial charge in [0.25, 0.3) is 0 Å². The molecule has 0 aromatic carbocycles. The molecule has 1 amide bonds. The van der Waals surface area contributed by atoms with E-state index in [1.165, 1.54) is 10.6 Å². The van der Waals surface area contributed by atoms with Crippen LogP contribution in [0.1, 0.15) is 27.7 Å². The van der Waals surface area contributed by atoms with E-state index in [-0.39, 0.29) is 11.9 Å². The van der Waals surface area contributed by atoms with Crippen LogP contribution in [-0.4, -0.2) is 55.5 Å². The van der Waals surface area contributed by atoms with Gasteiger partial charge in [-0.1, -0.05) is 20.8 Å². The summed E-state index contributed by atoms with van der Waals surface area (Å²) >= 11 is 0. The molecule has 1 aliphatic rings. The molecule has 5 nitrogen and oxygen atoms in total. The topological polar surface area (TPSA) is 57.7 Å². The molecular formula is C11H22N2O3S. The monoisotopic (exact) mass is 262 g/mol. The SMILES string of the molecule is C[C@H]1CN(C(=O)C(C)(C)C)CCN1S(C)(=O)=O. The first-order valence-electron chi connectivity index (χ1n) is 5.79. The minimum atomic E-state index is -3.16. The Balaban J connectivity index is 2.75. The average molecular weight is 262 g/mol. The molecule has 1 heterocycles. The van der Waals surface area contributed by atoms with Crippen molar-refractivity contribution in [2.24, 2.45) is 5.41 Å². The number of nitrogens with zero attached hydrogens (tertiary/aromatic N) is 2. The highest BCUT2D eigenvalue weighted by molar-refractivity contribution is 7.88. The lowest BCUT2D eigenvalue weighted by molar-refractivity contribution is -0.141. The lowest BCUT2D eigenvalue weighted by Gasteiger charge is -2.40. The standard InChI is InChI=1S/C11H22N2O3S/c1-9-8-12(10(14)11(2,3)4)6-7-13(9)17(5,15)16/h9H,6-8H2,1-5H3/t9-/m0/s1. The van der Waals surface area contributed by atoms with Gasteiger partial charge in [-0.05, 0) is 6.92 Å². The van der Waals surface area contributed by atoms with Crippen LogP contribution in [0.3, 0.4) is 0 Å². The predicted octanol–water partition coefficient (Wildman–Crippen LogP) is 0.525. The summed E-state index contributed by atoms with van der Waals surface area (Å²) in [7, 11) is -3.16. The van der Waals surface area contributed by atoms with Crippen molar-refractivity contribution in [3.63, 3.8) is 0 Å². The first kappa shape index (κ1) is 14.4. The quantitative estimate of drug-likeness (QED) is 0.692. The van der Waals surface area contributed by atoms with Crippen LogP contribution in [0.5, 0.6) is 0 Å². The first-order valence-corrected chi connectivity index (χ1v) is 7.64. The Bertz CT molecular complexity index is 397. The molecule has 0 aromatic rings. The zero-order chi connectivity index (χ0) is 13.4. The molecule has 6 heteroatoms. The summed E-state index contributed by atoms with van der Waals surface area (Å²) in [5.74, 6) is 0.0810. The maximum atomic E-state index is 12.1. The van der Waals surface area contributed by atoms with Crippen molar-refractivity contribution in [1.29, 1.82) is 0 Å². The molecule has 0 aliphatic carbocycles. The van der Waals surface area contributed by atoms with E-state index >= 15 is 0 Å². The molecule has 1 fully saturated rings. The second kappa shape index (κ2) is 4.57. The summed E-state index contributed by atoms with van der Waals surface area (Å²) in [6.45, 7) is 8.82. The lowest BCUT2D eigenvalue weighted by atomic mass is 9.94. The molecular weight excluding hydrogens is 240 g/mol. The average Bonchev–Trinajstić information content (AvgIpc) is 2.12. The molecule has 0 unspecified atom stereocenters. The molecule has 0 spiro atoms. The Kier molecular flexibility index (Phi) is 3.88. The molecule has 17 heavy (non-hydrogen) atoms. The van der Waals surface area contributed by atoms with E-state index in [0.717, 1.165) is 0 Å². The highest BCUT2D eigenvalue weighted by atomic mass is 32.2. The molecule has 1 saturated heterocycles. The zero-order valence-electron chi connectivity index (χ0n) is 11.2. The minimum Gasteiger partial charge on any atom is -0.339 e. The Labute approximate surface area is 104 Å². The van der Waals surface area contributed by atoms with Crippen molar-refractivity contribution in [3.8, 4) is 0 Å². The highest BCUT2D eigenvalue weighted by Gasteiger charge is 2.35. The van der Waals surface area contributed by atoms with Gasteiger partial charge in [-0.25, -0.2) is 8.42 Å². The summed E-state index contributed by atoms with van der Waals surface area (Å²) in [4.78, 5) is 13.8. The van der Waals surface area contributed by atoms with Crippen molar-refractivity contribution in [1.82, 2.24) is 9.21 Å². The van der Waals surface area contributed by atoms with Crippen molar-refractivity contribution in [2.45, 2.75) is 33.7 Å². The van der Waals surface area contributed by atoms with Gasteiger partial charge in [0.15, 0.2) is 0 Å². The molecule has 0 radical (unpaired) electrons. The summed E-state index contributed by atoms with van der Waals surface area (Å²) in [5.41, 5.74) is -0.410. The second-order valence-corrected chi connectivity index (χ2v) is 7.66. The Morgan fingerprint density at radius 2 is 1.76 bits per heavy atom. The van der Waals surface area contributed by atoms with Crippen LogP contribution in [0, 0.1) is 5.41 Å². The molecule has 0 bridgehead atoms. The Hall–Kier alpha value is -0.620. The van der Waals surface area contributed by atoms with Crippen LogP contribution in [0.2, 0.25) is 0 Å². The van der Waals surface area contributed by atoms with E-state index in [2.05, 4.69) is 0 Å². The van der Waals surface area contributed by atoms with Gasteiger partial charge < -0.3 is 4.90 Å². The van der Waals surface area contributed by atoms with Crippen LogP contribution in [0.15, 0.2) is 0 Å². The molecule has 100 valence electrons. The number of hydrogen-bond donors (Lipinski definition) is 0. The van der Waals surface area contributed by atoms with Crippen LogP contribution in [0.25, 0.3) is 0 Å². The van der Waals surface area contributed by atoms with Gasteiger partial charge in [-0.15, -0.1) is 0 Å². The van der Waals surface area contributed by atoms with E-state index in [1.807, 2.05) is 27.7 Å². The van der Waals surface area contributed by atoms with Gasteiger partial charge in [0.1, 0.15) is 0 Å². The fourth-order valence-corrected chi connectivity index (χ4v) is 3.23. The van der Waals surface area contributed by atoms with E-state index in [9.17, 15) is 13.2 Å². The molecule has 1 rings (SSSR count). The van der Waals surface area contributed by atoms with E-state index in [1.54, 1.807) is 4.90 Å². The fraction of sp³-hybridized carbons (Fsp3) is 0.909. The lowest BCUT2D eigenvalue weighted by Crippen LogP contribution is -2.56. The van der Waals surface area contributed by atoms with Crippen LogP contribution >= 0.6 is 0 Å². The maximum absolute atomic E-state index is 12.1. The highest BCUT2D eigenvalue weighted by Crippen LogP contribution is 2.21. The number of sulfonamides is 1. The van der Waals surface area contributed by atoms with Gasteiger partial charge in [0.2, 0.25) is 15.9 Å². The third-order valence-corrected chi connectivity index (χ3v) is 4.32. The van der Waals surface area contributed by atoms with Crippen LogP contribution in [-0.2, 0) is 14.8 Å². The number of hydrogen-bond acceptors (Lipinski definition) is 3. The smallest absolute Gasteiger partial charge is 0.228 e. The van der Waals surface area contributed by atoms with Crippen molar-refractivity contribution in [2.75, 3.05) is 25.9 Å². The fourth-order valence-electron chi connectivity index (χ4n) is 2.09. The normalized spacial score (nSPS) is 23.8. The molecule has 0 aromatic heterocycles. The molecule has 1 atom stereocenters. The van der Waals surface area contributed by atoms with E-state index in [0.29, 0.717) is 19.6 Å². The van der Waals surface area contributed by atoms with Crippen LogP contribution in [0.4, 0.5) is 0 Å². The number of piperazine rings is 1. The summed E-state index contributed by atoms with van der Waals surface area (Å²) in [6.07, 6.45) is 1.21. The third kappa shape index (κ3) is 3.42. The number of rotatable bonds is 1. The van der Waals surface area contributed by atoms with Crippen molar-refractivity contribution < 1.29 is 13.2 Å². The summed E-state index contributed by atoms with van der Waals surface area (Å²) in [6, 6.07) is -0.148. The number of carbonyl (C=O) groups excluding carboxylic acids is 1. The molecule has 0 saturated carbocycles. The van der Waals surface area contributed by atoms with Gasteiger partial charge in [0, 0.05) is 31.1 Å². The summed E-state index contributed by atoms with van der Waals surface area (Å²) in [5, 5.41) is 0. The van der Waals surface area contributed by atoms with Gasteiger partial charge in [0.05, 0.1) is 6.26 Å². The zero-order valence-corrected chi connectivity index (χ0v) is 12.0. The number of carbonyl (C=O) groups is 1. The predicted molar refractivity (Wildman–Crippen MR) is 67.0 cm³/mol. The van der Waals surface area contributed by atoms with Crippen LogP contribution < -0.4 is 0 Å². The van der Waals surface area contributed by atoms with E-state index < -0.39 is 15.4 Å². The third-order valence-electron chi connectivity index (χ3n) is 2.92. The first-order chi connectivity index (χ1) is 7.53. The number of amides is 1. The van der Waals surface area contributed by atoms with E-state index in [4.69, 9.17) is 0 Å². The van der Waals surface area contributed by atoms with Gasteiger partial charge >= 0.3 is 0 Å². The maximum Gasteiger partial charge on any atom is 0.228 e.